The van der Waals surface area contributed by atoms with Crippen molar-refractivity contribution in [2.24, 2.45) is 0 Å². The van der Waals surface area contributed by atoms with E-state index in [0.29, 0.717) is 5.57 Å². The van der Waals surface area contributed by atoms with E-state index in [2.05, 4.69) is 0 Å². The van der Waals surface area contributed by atoms with E-state index in [1.165, 1.54) is 12.1 Å². The zero-order valence-corrected chi connectivity index (χ0v) is 10.2. The van der Waals surface area contributed by atoms with E-state index in [4.69, 9.17) is 11.6 Å². The monoisotopic (exact) mass is 264 g/mol. The predicted octanol–water partition coefficient (Wildman–Crippen LogP) is 4.14. The minimum atomic E-state index is -4.49. The normalized spacial score (nSPS) is 11.5. The zero-order chi connectivity index (χ0) is 13.2. The number of aliphatic hydroxyl groups is 1. The Labute approximate surface area is 103 Å². The zero-order valence-electron chi connectivity index (χ0n) is 9.40. The molecule has 5 heteroatoms. The highest BCUT2D eigenvalue weighted by Crippen LogP contribution is 2.38. The number of hydrogen-bond donors (Lipinski definition) is 1. The van der Waals surface area contributed by atoms with Crippen LogP contribution in [0, 0.1) is 0 Å². The molecule has 0 atom stereocenters. The minimum absolute atomic E-state index is 0.226. The molecule has 1 aromatic rings. The van der Waals surface area contributed by atoms with Gasteiger partial charge in [0, 0.05) is 0 Å². The predicted molar refractivity (Wildman–Crippen MR) is 61.8 cm³/mol. The van der Waals surface area contributed by atoms with Gasteiger partial charge < -0.3 is 5.11 Å². The van der Waals surface area contributed by atoms with E-state index in [9.17, 15) is 18.3 Å². The standard InChI is InChI=1S/C12H12ClF3O/c1-7(2)9(6-17)8-4-3-5-10(11(8)13)12(14,15)16/h3-5,17H,6H2,1-2H3. The third-order valence-electron chi connectivity index (χ3n) is 2.39. The van der Waals surface area contributed by atoms with Crippen LogP contribution >= 0.6 is 11.6 Å². The number of rotatable bonds is 2. The Morgan fingerprint density at radius 3 is 2.29 bits per heavy atom. The average molecular weight is 265 g/mol. The van der Waals surface area contributed by atoms with E-state index in [0.717, 1.165) is 11.6 Å². The molecule has 0 bridgehead atoms. The second-order valence-electron chi connectivity index (χ2n) is 3.80. The molecule has 94 valence electrons. The lowest BCUT2D eigenvalue weighted by atomic mass is 10.00. The van der Waals surface area contributed by atoms with Crippen LogP contribution in [0.15, 0.2) is 23.8 Å². The van der Waals surface area contributed by atoms with Crippen molar-refractivity contribution < 1.29 is 18.3 Å². The molecule has 0 spiro atoms. The van der Waals surface area contributed by atoms with Crippen LogP contribution in [-0.4, -0.2) is 11.7 Å². The van der Waals surface area contributed by atoms with E-state index >= 15 is 0 Å². The molecule has 0 unspecified atom stereocenters. The number of aliphatic hydroxyl groups excluding tert-OH is 1. The smallest absolute Gasteiger partial charge is 0.392 e. The van der Waals surface area contributed by atoms with Gasteiger partial charge >= 0.3 is 6.18 Å². The Kier molecular flexibility index (Phi) is 4.22. The summed E-state index contributed by atoms with van der Waals surface area (Å²) in [5.41, 5.74) is 0.489. The number of alkyl halides is 3. The second-order valence-corrected chi connectivity index (χ2v) is 4.18. The molecule has 0 saturated carbocycles. The van der Waals surface area contributed by atoms with Crippen LogP contribution in [0.2, 0.25) is 5.02 Å². The van der Waals surface area contributed by atoms with E-state index in [-0.39, 0.29) is 17.2 Å². The fourth-order valence-corrected chi connectivity index (χ4v) is 1.84. The molecular weight excluding hydrogens is 253 g/mol. The fourth-order valence-electron chi connectivity index (χ4n) is 1.50. The van der Waals surface area contributed by atoms with Crippen LogP contribution in [0.3, 0.4) is 0 Å². The quantitative estimate of drug-likeness (QED) is 0.851. The first-order valence-electron chi connectivity index (χ1n) is 4.92. The van der Waals surface area contributed by atoms with Crippen molar-refractivity contribution >= 4 is 17.2 Å². The minimum Gasteiger partial charge on any atom is -0.392 e. The molecule has 1 N–H and O–H groups in total. The van der Waals surface area contributed by atoms with Crippen molar-refractivity contribution in [2.45, 2.75) is 20.0 Å². The van der Waals surface area contributed by atoms with Gasteiger partial charge in [-0.2, -0.15) is 13.2 Å². The summed E-state index contributed by atoms with van der Waals surface area (Å²) in [5.74, 6) is 0. The summed E-state index contributed by atoms with van der Waals surface area (Å²) in [6.45, 7) is 3.08. The highest BCUT2D eigenvalue weighted by atomic mass is 35.5. The Balaban J connectivity index is 3.44. The van der Waals surface area contributed by atoms with Gasteiger partial charge in [0.2, 0.25) is 0 Å². The maximum Gasteiger partial charge on any atom is 0.417 e. The summed E-state index contributed by atoms with van der Waals surface area (Å²) in [7, 11) is 0. The summed E-state index contributed by atoms with van der Waals surface area (Å²) in [5, 5.41) is 8.80. The Morgan fingerprint density at radius 1 is 1.29 bits per heavy atom. The molecule has 1 rings (SSSR count). The third-order valence-corrected chi connectivity index (χ3v) is 2.80. The van der Waals surface area contributed by atoms with Crippen LogP contribution in [0.5, 0.6) is 0 Å². The summed E-state index contributed by atoms with van der Waals surface area (Å²) >= 11 is 5.75. The molecule has 0 amide bonds. The number of hydrogen-bond acceptors (Lipinski definition) is 1. The summed E-state index contributed by atoms with van der Waals surface area (Å²) in [4.78, 5) is 0. The van der Waals surface area contributed by atoms with Gasteiger partial charge in [-0.15, -0.1) is 0 Å². The lowest BCUT2D eigenvalue weighted by Gasteiger charge is -2.14. The SMILES string of the molecule is CC(C)=C(CO)c1cccc(C(F)(F)F)c1Cl. The lowest BCUT2D eigenvalue weighted by Crippen LogP contribution is -2.07. The van der Waals surface area contributed by atoms with E-state index in [1.54, 1.807) is 13.8 Å². The molecule has 0 aliphatic rings. The summed E-state index contributed by atoms with van der Waals surface area (Å²) in [6.07, 6.45) is -4.49. The highest BCUT2D eigenvalue weighted by molar-refractivity contribution is 6.33. The van der Waals surface area contributed by atoms with Crippen LogP contribution < -0.4 is 0 Å². The molecule has 0 aromatic heterocycles. The van der Waals surface area contributed by atoms with Crippen molar-refractivity contribution in [3.8, 4) is 0 Å². The Morgan fingerprint density at radius 2 is 1.88 bits per heavy atom. The molecule has 0 fully saturated rings. The molecule has 1 nitrogen and oxygen atoms in total. The largest absolute Gasteiger partial charge is 0.417 e. The van der Waals surface area contributed by atoms with Gasteiger partial charge in [-0.05, 0) is 31.1 Å². The molecule has 0 radical (unpaired) electrons. The first-order valence-corrected chi connectivity index (χ1v) is 5.30. The first-order chi connectivity index (χ1) is 7.79. The molecule has 1 aromatic carbocycles. The maximum absolute atomic E-state index is 12.6. The van der Waals surface area contributed by atoms with Gasteiger partial charge in [0.25, 0.3) is 0 Å². The van der Waals surface area contributed by atoms with Gasteiger partial charge in [-0.3, -0.25) is 0 Å². The molecular formula is C12H12ClF3O. The second kappa shape index (κ2) is 5.10. The average Bonchev–Trinajstić information content (AvgIpc) is 2.19. The van der Waals surface area contributed by atoms with Crippen molar-refractivity contribution in [3.63, 3.8) is 0 Å². The molecule has 0 saturated heterocycles. The molecule has 17 heavy (non-hydrogen) atoms. The van der Waals surface area contributed by atoms with Crippen molar-refractivity contribution in [1.29, 1.82) is 0 Å². The topological polar surface area (TPSA) is 20.2 Å². The summed E-state index contributed by atoms with van der Waals surface area (Å²) in [6, 6.07) is 3.67. The van der Waals surface area contributed by atoms with Crippen LogP contribution in [-0.2, 0) is 6.18 Å². The number of benzene rings is 1. The number of allylic oxidation sites excluding steroid dienone is 1. The van der Waals surface area contributed by atoms with Gasteiger partial charge in [0.15, 0.2) is 0 Å². The molecule has 0 heterocycles. The van der Waals surface area contributed by atoms with Crippen molar-refractivity contribution in [1.82, 2.24) is 0 Å². The van der Waals surface area contributed by atoms with Crippen LogP contribution in [0.1, 0.15) is 25.0 Å². The first kappa shape index (κ1) is 14.1. The summed E-state index contributed by atoms with van der Waals surface area (Å²) < 4.78 is 37.9. The fraction of sp³-hybridized carbons (Fsp3) is 0.333. The van der Waals surface area contributed by atoms with Crippen molar-refractivity contribution in [2.75, 3.05) is 6.61 Å². The number of halogens is 4. The van der Waals surface area contributed by atoms with Gasteiger partial charge in [-0.1, -0.05) is 29.3 Å². The van der Waals surface area contributed by atoms with Gasteiger partial charge in [-0.25, -0.2) is 0 Å². The van der Waals surface area contributed by atoms with E-state index in [1.807, 2.05) is 0 Å². The van der Waals surface area contributed by atoms with Gasteiger partial charge in [0.05, 0.1) is 17.2 Å². The van der Waals surface area contributed by atoms with E-state index < -0.39 is 11.7 Å². The third kappa shape index (κ3) is 3.01. The van der Waals surface area contributed by atoms with Crippen molar-refractivity contribution in [3.05, 3.63) is 39.9 Å². The molecule has 0 aliphatic heterocycles. The van der Waals surface area contributed by atoms with Crippen LogP contribution in [0.4, 0.5) is 13.2 Å². The van der Waals surface area contributed by atoms with Crippen LogP contribution in [0.25, 0.3) is 5.57 Å². The lowest BCUT2D eigenvalue weighted by molar-refractivity contribution is -0.137. The van der Waals surface area contributed by atoms with Gasteiger partial charge in [0.1, 0.15) is 0 Å². The Hall–Kier alpha value is -1.00. The molecule has 0 aliphatic carbocycles. The maximum atomic E-state index is 12.6. The highest BCUT2D eigenvalue weighted by Gasteiger charge is 2.34. The Bertz CT molecular complexity index is 446.